The van der Waals surface area contributed by atoms with Crippen LogP contribution >= 0.6 is 0 Å². The van der Waals surface area contributed by atoms with Crippen LogP contribution in [-0.2, 0) is 0 Å². The highest BCUT2D eigenvalue weighted by atomic mass is 16.5. The van der Waals surface area contributed by atoms with Crippen molar-refractivity contribution in [2.45, 2.75) is 32.1 Å². The fourth-order valence-electron chi connectivity index (χ4n) is 1.92. The van der Waals surface area contributed by atoms with Gasteiger partial charge in [-0.25, -0.2) is 0 Å². The summed E-state index contributed by atoms with van der Waals surface area (Å²) in [5, 5.41) is 0. The zero-order valence-electron chi connectivity index (χ0n) is 9.70. The first-order valence-corrected chi connectivity index (χ1v) is 5.65. The summed E-state index contributed by atoms with van der Waals surface area (Å²) in [4.78, 5) is 0. The lowest BCUT2D eigenvalue weighted by Crippen LogP contribution is -2.07. The molecule has 84 valence electrons. The second-order valence-corrected chi connectivity index (χ2v) is 3.84. The van der Waals surface area contributed by atoms with Crippen molar-refractivity contribution < 1.29 is 4.74 Å². The number of hydrogen-bond donors (Lipinski definition) is 1. The molecule has 0 fully saturated rings. The summed E-state index contributed by atoms with van der Waals surface area (Å²) in [5.41, 5.74) is 6.99. The summed E-state index contributed by atoms with van der Waals surface area (Å²) < 4.78 is 5.23. The van der Waals surface area contributed by atoms with Gasteiger partial charge in [0, 0.05) is 0 Å². The molecule has 1 rings (SSSR count). The molecule has 1 aromatic rings. The van der Waals surface area contributed by atoms with Crippen LogP contribution in [0, 0.1) is 0 Å². The van der Waals surface area contributed by atoms with Gasteiger partial charge >= 0.3 is 0 Å². The molecular weight excluding hydrogens is 186 g/mol. The second kappa shape index (κ2) is 6.46. The highest BCUT2D eigenvalue weighted by Gasteiger charge is 2.10. The fraction of sp³-hybridized carbons (Fsp3) is 0.538. The van der Waals surface area contributed by atoms with Gasteiger partial charge in [-0.2, -0.15) is 0 Å². The Morgan fingerprint density at radius 3 is 2.73 bits per heavy atom. The van der Waals surface area contributed by atoms with Crippen LogP contribution in [0.1, 0.15) is 37.7 Å². The Kier molecular flexibility index (Phi) is 5.19. The lowest BCUT2D eigenvalue weighted by atomic mass is 9.91. The summed E-state index contributed by atoms with van der Waals surface area (Å²) in [6.07, 6.45) is 3.45. The lowest BCUT2D eigenvalue weighted by Gasteiger charge is -2.16. The van der Waals surface area contributed by atoms with Crippen LogP contribution in [0.4, 0.5) is 0 Å². The summed E-state index contributed by atoms with van der Waals surface area (Å²) in [7, 11) is 1.71. The van der Waals surface area contributed by atoms with Gasteiger partial charge in [0.2, 0.25) is 0 Å². The second-order valence-electron chi connectivity index (χ2n) is 3.84. The van der Waals surface area contributed by atoms with Crippen molar-refractivity contribution >= 4 is 0 Å². The zero-order chi connectivity index (χ0) is 11.1. The summed E-state index contributed by atoms with van der Waals surface area (Å²) >= 11 is 0. The van der Waals surface area contributed by atoms with Crippen molar-refractivity contribution in [3.63, 3.8) is 0 Å². The standard InChI is InChI=1S/C13H21NO/c1-3-5-11(8-9-14)12-6-4-7-13(10-12)15-2/h4,6-7,10-11H,3,5,8-9,14H2,1-2H3. The average molecular weight is 207 g/mol. The molecule has 0 aliphatic carbocycles. The van der Waals surface area contributed by atoms with E-state index in [0.717, 1.165) is 18.7 Å². The smallest absolute Gasteiger partial charge is 0.119 e. The van der Waals surface area contributed by atoms with Gasteiger partial charge in [0.05, 0.1) is 7.11 Å². The number of nitrogens with two attached hydrogens (primary N) is 1. The predicted octanol–water partition coefficient (Wildman–Crippen LogP) is 2.93. The van der Waals surface area contributed by atoms with Gasteiger partial charge < -0.3 is 10.5 Å². The normalized spacial score (nSPS) is 12.5. The third-order valence-corrected chi connectivity index (χ3v) is 2.72. The van der Waals surface area contributed by atoms with Crippen LogP contribution in [-0.4, -0.2) is 13.7 Å². The van der Waals surface area contributed by atoms with E-state index in [1.165, 1.54) is 18.4 Å². The van der Waals surface area contributed by atoms with Gasteiger partial charge in [0.1, 0.15) is 5.75 Å². The van der Waals surface area contributed by atoms with Crippen molar-refractivity contribution in [3.05, 3.63) is 29.8 Å². The number of hydrogen-bond acceptors (Lipinski definition) is 2. The quantitative estimate of drug-likeness (QED) is 0.778. The summed E-state index contributed by atoms with van der Waals surface area (Å²) in [6, 6.07) is 8.32. The molecule has 1 atom stereocenters. The van der Waals surface area contributed by atoms with E-state index < -0.39 is 0 Å². The zero-order valence-corrected chi connectivity index (χ0v) is 9.70. The van der Waals surface area contributed by atoms with Gasteiger partial charge in [-0.1, -0.05) is 25.5 Å². The average Bonchev–Trinajstić information content (AvgIpc) is 2.29. The first-order chi connectivity index (χ1) is 7.31. The Hall–Kier alpha value is -1.02. The van der Waals surface area contributed by atoms with Gasteiger partial charge in [-0.05, 0) is 43.0 Å². The molecule has 0 aliphatic rings. The maximum absolute atomic E-state index is 5.64. The molecule has 0 bridgehead atoms. The molecule has 0 amide bonds. The van der Waals surface area contributed by atoms with Crippen LogP contribution in [0.25, 0.3) is 0 Å². The van der Waals surface area contributed by atoms with Crippen molar-refractivity contribution in [3.8, 4) is 5.75 Å². The van der Waals surface area contributed by atoms with Gasteiger partial charge in [-0.15, -0.1) is 0 Å². The predicted molar refractivity (Wildman–Crippen MR) is 64.3 cm³/mol. The molecule has 0 heterocycles. The van der Waals surface area contributed by atoms with E-state index in [4.69, 9.17) is 10.5 Å². The number of ether oxygens (including phenoxy) is 1. The molecule has 0 radical (unpaired) electrons. The Morgan fingerprint density at radius 2 is 2.13 bits per heavy atom. The minimum atomic E-state index is 0.579. The highest BCUT2D eigenvalue weighted by Crippen LogP contribution is 2.27. The first kappa shape index (κ1) is 12.1. The first-order valence-electron chi connectivity index (χ1n) is 5.65. The van der Waals surface area contributed by atoms with E-state index in [1.807, 2.05) is 12.1 Å². The van der Waals surface area contributed by atoms with E-state index in [9.17, 15) is 0 Å². The van der Waals surface area contributed by atoms with Gasteiger partial charge in [-0.3, -0.25) is 0 Å². The molecule has 0 spiro atoms. The molecule has 1 aromatic carbocycles. The van der Waals surface area contributed by atoms with E-state index in [-0.39, 0.29) is 0 Å². The minimum absolute atomic E-state index is 0.579. The van der Waals surface area contributed by atoms with Gasteiger partial charge in [0.15, 0.2) is 0 Å². The monoisotopic (exact) mass is 207 g/mol. The summed E-state index contributed by atoms with van der Waals surface area (Å²) in [5.74, 6) is 1.51. The number of benzene rings is 1. The molecule has 0 aliphatic heterocycles. The molecule has 0 saturated heterocycles. The van der Waals surface area contributed by atoms with Crippen molar-refractivity contribution in [1.82, 2.24) is 0 Å². The molecule has 2 nitrogen and oxygen atoms in total. The van der Waals surface area contributed by atoms with Crippen LogP contribution in [0.3, 0.4) is 0 Å². The Morgan fingerprint density at radius 1 is 1.33 bits per heavy atom. The largest absolute Gasteiger partial charge is 0.497 e. The lowest BCUT2D eigenvalue weighted by molar-refractivity contribution is 0.413. The third kappa shape index (κ3) is 3.56. The number of rotatable bonds is 6. The van der Waals surface area contributed by atoms with Crippen molar-refractivity contribution in [2.75, 3.05) is 13.7 Å². The van der Waals surface area contributed by atoms with E-state index in [2.05, 4.69) is 19.1 Å². The molecule has 0 aromatic heterocycles. The van der Waals surface area contributed by atoms with Crippen LogP contribution < -0.4 is 10.5 Å². The SMILES string of the molecule is CCCC(CCN)c1cccc(OC)c1. The Balaban J connectivity index is 2.79. The van der Waals surface area contributed by atoms with E-state index in [0.29, 0.717) is 5.92 Å². The maximum Gasteiger partial charge on any atom is 0.119 e. The summed E-state index contributed by atoms with van der Waals surface area (Å²) in [6.45, 7) is 2.96. The Bertz CT molecular complexity index is 280. The van der Waals surface area contributed by atoms with Crippen LogP contribution in [0.5, 0.6) is 5.75 Å². The van der Waals surface area contributed by atoms with E-state index >= 15 is 0 Å². The fourth-order valence-corrected chi connectivity index (χ4v) is 1.92. The highest BCUT2D eigenvalue weighted by molar-refractivity contribution is 5.30. The molecule has 2 heteroatoms. The Labute approximate surface area is 92.4 Å². The third-order valence-electron chi connectivity index (χ3n) is 2.72. The van der Waals surface area contributed by atoms with Crippen LogP contribution in [0.15, 0.2) is 24.3 Å². The topological polar surface area (TPSA) is 35.2 Å². The van der Waals surface area contributed by atoms with Gasteiger partial charge in [0.25, 0.3) is 0 Å². The molecular formula is C13H21NO. The molecule has 2 N–H and O–H groups in total. The maximum atomic E-state index is 5.64. The van der Waals surface area contributed by atoms with Crippen LogP contribution in [0.2, 0.25) is 0 Å². The van der Waals surface area contributed by atoms with Crippen molar-refractivity contribution in [1.29, 1.82) is 0 Å². The van der Waals surface area contributed by atoms with Crippen molar-refractivity contribution in [2.24, 2.45) is 5.73 Å². The molecule has 15 heavy (non-hydrogen) atoms. The van der Waals surface area contributed by atoms with E-state index in [1.54, 1.807) is 7.11 Å². The molecule has 0 saturated carbocycles. The number of methoxy groups -OCH3 is 1. The molecule has 1 unspecified atom stereocenters. The minimum Gasteiger partial charge on any atom is -0.497 e.